The minimum atomic E-state index is 0.547. The van der Waals surface area contributed by atoms with Gasteiger partial charge in [0.1, 0.15) is 11.3 Å². The van der Waals surface area contributed by atoms with E-state index >= 15 is 0 Å². The van der Waals surface area contributed by atoms with Crippen LogP contribution in [0, 0.1) is 12.8 Å². The Labute approximate surface area is 109 Å². The van der Waals surface area contributed by atoms with Crippen molar-refractivity contribution in [2.24, 2.45) is 5.92 Å². The molecular weight excluding hydrogens is 222 g/mol. The van der Waals surface area contributed by atoms with Crippen molar-refractivity contribution in [2.75, 3.05) is 6.54 Å². The van der Waals surface area contributed by atoms with Crippen LogP contribution in [0.4, 0.5) is 0 Å². The first-order valence-electron chi connectivity index (χ1n) is 6.77. The van der Waals surface area contributed by atoms with Crippen molar-refractivity contribution in [3.63, 3.8) is 0 Å². The Morgan fingerprint density at radius 1 is 1.22 bits per heavy atom. The fourth-order valence-electron chi connectivity index (χ4n) is 2.22. The van der Waals surface area contributed by atoms with Gasteiger partial charge in [0.05, 0.1) is 0 Å². The maximum absolute atomic E-state index is 5.95. The number of hydrogen-bond acceptors (Lipinski definition) is 2. The second-order valence-corrected chi connectivity index (χ2v) is 5.58. The van der Waals surface area contributed by atoms with E-state index in [1.165, 1.54) is 10.9 Å². The zero-order valence-electron chi connectivity index (χ0n) is 11.8. The Kier molecular flexibility index (Phi) is 4.07. The summed E-state index contributed by atoms with van der Waals surface area (Å²) in [5.74, 6) is 1.69. The van der Waals surface area contributed by atoms with Gasteiger partial charge in [0, 0.05) is 17.8 Å². The molecule has 0 spiro atoms. The molecule has 0 amide bonds. The molecule has 1 unspecified atom stereocenters. The number of furan rings is 1. The molecule has 0 aliphatic carbocycles. The fraction of sp³-hybridized carbons (Fsp3) is 0.500. The summed E-state index contributed by atoms with van der Waals surface area (Å²) >= 11 is 0. The van der Waals surface area contributed by atoms with Gasteiger partial charge in [-0.15, -0.1) is 0 Å². The summed E-state index contributed by atoms with van der Waals surface area (Å²) in [5.41, 5.74) is 2.25. The zero-order chi connectivity index (χ0) is 13.1. The molecular formula is C16H23NO. The van der Waals surface area contributed by atoms with E-state index < -0.39 is 0 Å². The van der Waals surface area contributed by atoms with Crippen LogP contribution < -0.4 is 5.32 Å². The van der Waals surface area contributed by atoms with Crippen molar-refractivity contribution in [3.05, 3.63) is 35.6 Å². The van der Waals surface area contributed by atoms with Crippen molar-refractivity contribution in [1.29, 1.82) is 0 Å². The van der Waals surface area contributed by atoms with Crippen molar-refractivity contribution in [2.45, 2.75) is 40.2 Å². The predicted octanol–water partition coefficient (Wildman–Crippen LogP) is 3.92. The van der Waals surface area contributed by atoms with E-state index in [-0.39, 0.29) is 0 Å². The van der Waals surface area contributed by atoms with Gasteiger partial charge in [0.15, 0.2) is 0 Å². The molecule has 2 nitrogen and oxygen atoms in total. The smallest absolute Gasteiger partial charge is 0.137 e. The molecule has 0 radical (unpaired) electrons. The molecule has 0 saturated heterocycles. The summed E-state index contributed by atoms with van der Waals surface area (Å²) < 4.78 is 5.95. The van der Waals surface area contributed by atoms with Gasteiger partial charge in [-0.1, -0.05) is 39.0 Å². The monoisotopic (exact) mass is 245 g/mol. The SMILES string of the molecule is Cc1cccc2cc(CC(C)CNC(C)C)oc12. The third-order valence-electron chi connectivity index (χ3n) is 3.22. The number of nitrogens with one attached hydrogen (secondary N) is 1. The van der Waals surface area contributed by atoms with Gasteiger partial charge in [-0.25, -0.2) is 0 Å². The molecule has 0 aliphatic heterocycles. The quantitative estimate of drug-likeness (QED) is 0.863. The van der Waals surface area contributed by atoms with Crippen molar-refractivity contribution in [3.8, 4) is 0 Å². The second kappa shape index (κ2) is 5.57. The summed E-state index contributed by atoms with van der Waals surface area (Å²) in [5, 5.41) is 4.69. The van der Waals surface area contributed by atoms with Crippen LogP contribution in [0.5, 0.6) is 0 Å². The molecule has 98 valence electrons. The highest BCUT2D eigenvalue weighted by atomic mass is 16.3. The molecule has 0 aliphatic rings. The van der Waals surface area contributed by atoms with Crippen LogP contribution in [0.3, 0.4) is 0 Å². The largest absolute Gasteiger partial charge is 0.461 e. The summed E-state index contributed by atoms with van der Waals surface area (Å²) in [6, 6.07) is 9.02. The standard InChI is InChI=1S/C16H23NO/c1-11(2)17-10-12(3)8-15-9-14-7-5-6-13(4)16(14)18-15/h5-7,9,11-12,17H,8,10H2,1-4H3. The lowest BCUT2D eigenvalue weighted by molar-refractivity contribution is 0.436. The van der Waals surface area contributed by atoms with Crippen LogP contribution in [0.1, 0.15) is 32.1 Å². The lowest BCUT2D eigenvalue weighted by Crippen LogP contribution is -2.28. The van der Waals surface area contributed by atoms with Crippen molar-refractivity contribution in [1.82, 2.24) is 5.32 Å². The van der Waals surface area contributed by atoms with E-state index in [0.29, 0.717) is 12.0 Å². The van der Waals surface area contributed by atoms with Crippen LogP contribution in [-0.2, 0) is 6.42 Å². The normalized spacial score (nSPS) is 13.4. The van der Waals surface area contributed by atoms with Crippen LogP contribution >= 0.6 is 0 Å². The Morgan fingerprint density at radius 2 is 2.00 bits per heavy atom. The maximum Gasteiger partial charge on any atom is 0.137 e. The van der Waals surface area contributed by atoms with Crippen LogP contribution in [0.2, 0.25) is 0 Å². The molecule has 1 N–H and O–H groups in total. The topological polar surface area (TPSA) is 25.2 Å². The van der Waals surface area contributed by atoms with Gasteiger partial charge in [0.25, 0.3) is 0 Å². The molecule has 18 heavy (non-hydrogen) atoms. The van der Waals surface area contributed by atoms with Crippen LogP contribution in [-0.4, -0.2) is 12.6 Å². The van der Waals surface area contributed by atoms with Crippen molar-refractivity contribution >= 4 is 11.0 Å². The molecule has 1 atom stereocenters. The molecule has 1 heterocycles. The molecule has 1 aromatic heterocycles. The second-order valence-electron chi connectivity index (χ2n) is 5.58. The molecule has 0 fully saturated rings. The minimum absolute atomic E-state index is 0.547. The van der Waals surface area contributed by atoms with Crippen LogP contribution in [0.25, 0.3) is 11.0 Å². The highest BCUT2D eigenvalue weighted by molar-refractivity contribution is 5.80. The molecule has 0 saturated carbocycles. The van der Waals surface area contributed by atoms with E-state index in [0.717, 1.165) is 24.3 Å². The van der Waals surface area contributed by atoms with Gasteiger partial charge in [0.2, 0.25) is 0 Å². The number of para-hydroxylation sites is 1. The van der Waals surface area contributed by atoms with Gasteiger partial charge in [-0.2, -0.15) is 0 Å². The first-order chi connectivity index (χ1) is 8.56. The minimum Gasteiger partial charge on any atom is -0.461 e. The van der Waals surface area contributed by atoms with E-state index in [1.807, 2.05) is 0 Å². The number of fused-ring (bicyclic) bond motifs is 1. The van der Waals surface area contributed by atoms with Gasteiger partial charge in [-0.3, -0.25) is 0 Å². The summed E-state index contributed by atoms with van der Waals surface area (Å²) in [4.78, 5) is 0. The highest BCUT2D eigenvalue weighted by Gasteiger charge is 2.10. The average Bonchev–Trinajstić information content (AvgIpc) is 2.70. The zero-order valence-corrected chi connectivity index (χ0v) is 11.8. The van der Waals surface area contributed by atoms with Gasteiger partial charge in [-0.05, 0) is 31.0 Å². The van der Waals surface area contributed by atoms with E-state index in [1.54, 1.807) is 0 Å². The summed E-state index contributed by atoms with van der Waals surface area (Å²) in [7, 11) is 0. The van der Waals surface area contributed by atoms with Gasteiger partial charge >= 0.3 is 0 Å². The highest BCUT2D eigenvalue weighted by Crippen LogP contribution is 2.24. The Bertz CT molecular complexity index is 513. The average molecular weight is 245 g/mol. The van der Waals surface area contributed by atoms with E-state index in [4.69, 9.17) is 4.42 Å². The third kappa shape index (κ3) is 3.14. The molecule has 0 bridgehead atoms. The number of aryl methyl sites for hydroxylation is 1. The molecule has 1 aromatic carbocycles. The first-order valence-corrected chi connectivity index (χ1v) is 6.77. The Morgan fingerprint density at radius 3 is 2.67 bits per heavy atom. The molecule has 2 aromatic rings. The predicted molar refractivity (Wildman–Crippen MR) is 77.0 cm³/mol. The number of benzene rings is 1. The maximum atomic E-state index is 5.95. The fourth-order valence-corrected chi connectivity index (χ4v) is 2.22. The molecule has 2 heteroatoms. The Hall–Kier alpha value is -1.28. The van der Waals surface area contributed by atoms with Crippen LogP contribution in [0.15, 0.2) is 28.7 Å². The number of rotatable bonds is 5. The van der Waals surface area contributed by atoms with Crippen molar-refractivity contribution < 1.29 is 4.42 Å². The lowest BCUT2D eigenvalue weighted by atomic mass is 10.1. The van der Waals surface area contributed by atoms with E-state index in [2.05, 4.69) is 57.3 Å². The van der Waals surface area contributed by atoms with E-state index in [9.17, 15) is 0 Å². The Balaban J connectivity index is 2.05. The summed E-state index contributed by atoms with van der Waals surface area (Å²) in [6.45, 7) is 9.75. The van der Waals surface area contributed by atoms with Gasteiger partial charge < -0.3 is 9.73 Å². The summed E-state index contributed by atoms with van der Waals surface area (Å²) in [6.07, 6.45) is 0.994. The number of hydrogen-bond donors (Lipinski definition) is 1. The third-order valence-corrected chi connectivity index (χ3v) is 3.22. The lowest BCUT2D eigenvalue weighted by Gasteiger charge is -2.13. The first kappa shape index (κ1) is 13.2. The molecule has 2 rings (SSSR count).